The molecule has 0 atom stereocenters. The van der Waals surface area contributed by atoms with Crippen molar-refractivity contribution in [2.24, 2.45) is 5.73 Å². The number of unbranched alkanes of at least 4 members (excludes halogenated alkanes) is 13. The molecular formula is C22H47N2O+. The molecule has 0 fully saturated rings. The summed E-state index contributed by atoms with van der Waals surface area (Å²) < 4.78 is 1.02. The Hall–Kier alpha value is -0.570. The van der Waals surface area contributed by atoms with Crippen LogP contribution >= 0.6 is 0 Å². The van der Waals surface area contributed by atoms with Crippen LogP contribution in [0.15, 0.2) is 0 Å². The number of nitrogens with two attached hydrogens (primary N) is 1. The standard InChI is InChI=1S/C22H46N2O/c1-4-5-6-7-8-9-10-11-12-13-14-15-16-17-20-24(2,3)21-18-19-22(23)25/h4-21H2,1-3H3,(H-,23,25)/p+1. The highest BCUT2D eigenvalue weighted by molar-refractivity contribution is 5.73. The second kappa shape index (κ2) is 16.9. The van der Waals surface area contributed by atoms with Crippen molar-refractivity contribution in [1.29, 1.82) is 0 Å². The quantitative estimate of drug-likeness (QED) is 0.230. The summed E-state index contributed by atoms with van der Waals surface area (Å²) in [5.41, 5.74) is 5.21. The van der Waals surface area contributed by atoms with Crippen molar-refractivity contribution < 1.29 is 9.28 Å². The number of rotatable bonds is 19. The van der Waals surface area contributed by atoms with Crippen LogP contribution in [0, 0.1) is 0 Å². The van der Waals surface area contributed by atoms with E-state index >= 15 is 0 Å². The van der Waals surface area contributed by atoms with Gasteiger partial charge in [-0.1, -0.05) is 84.0 Å². The van der Waals surface area contributed by atoms with Gasteiger partial charge in [-0.25, -0.2) is 0 Å². The molecule has 0 spiro atoms. The highest BCUT2D eigenvalue weighted by atomic mass is 16.1. The number of carbonyl (C=O) groups is 1. The maximum Gasteiger partial charge on any atom is 0.217 e. The van der Waals surface area contributed by atoms with Crippen LogP contribution in [0.25, 0.3) is 0 Å². The first-order valence-electron chi connectivity index (χ1n) is 11.1. The predicted molar refractivity (Wildman–Crippen MR) is 111 cm³/mol. The van der Waals surface area contributed by atoms with Gasteiger partial charge in [0.1, 0.15) is 0 Å². The molecule has 0 saturated carbocycles. The number of primary amides is 1. The van der Waals surface area contributed by atoms with E-state index < -0.39 is 0 Å². The minimum Gasteiger partial charge on any atom is -0.370 e. The topological polar surface area (TPSA) is 43.1 Å². The fraction of sp³-hybridized carbons (Fsp3) is 0.955. The minimum atomic E-state index is -0.170. The maximum absolute atomic E-state index is 10.8. The average molecular weight is 356 g/mol. The van der Waals surface area contributed by atoms with Crippen LogP contribution in [0.1, 0.15) is 110 Å². The van der Waals surface area contributed by atoms with Gasteiger partial charge in [0.05, 0.1) is 27.2 Å². The zero-order chi connectivity index (χ0) is 18.8. The molecule has 0 radical (unpaired) electrons. The molecule has 3 heteroatoms. The van der Waals surface area contributed by atoms with E-state index in [1.807, 2.05) is 0 Å². The zero-order valence-electron chi connectivity index (χ0n) is 17.7. The fourth-order valence-electron chi connectivity index (χ4n) is 3.53. The summed E-state index contributed by atoms with van der Waals surface area (Å²) in [5.74, 6) is -0.170. The fourth-order valence-corrected chi connectivity index (χ4v) is 3.53. The Morgan fingerprint density at radius 3 is 1.40 bits per heavy atom. The van der Waals surface area contributed by atoms with Gasteiger partial charge < -0.3 is 10.2 Å². The van der Waals surface area contributed by atoms with E-state index in [2.05, 4.69) is 21.0 Å². The van der Waals surface area contributed by atoms with Gasteiger partial charge in [-0.05, 0) is 12.8 Å². The number of quaternary nitrogens is 1. The van der Waals surface area contributed by atoms with Gasteiger partial charge in [0, 0.05) is 12.8 Å². The summed E-state index contributed by atoms with van der Waals surface area (Å²) in [6, 6.07) is 0. The summed E-state index contributed by atoms with van der Waals surface area (Å²) in [4.78, 5) is 10.8. The number of hydrogen-bond donors (Lipinski definition) is 1. The predicted octanol–water partition coefficient (Wildman–Crippen LogP) is 5.81. The van der Waals surface area contributed by atoms with Crippen LogP contribution in [0.4, 0.5) is 0 Å². The molecule has 0 aromatic carbocycles. The third-order valence-electron chi connectivity index (χ3n) is 5.30. The molecule has 0 aromatic heterocycles. The molecule has 3 nitrogen and oxygen atoms in total. The van der Waals surface area contributed by atoms with Crippen molar-refractivity contribution in [3.63, 3.8) is 0 Å². The van der Waals surface area contributed by atoms with Gasteiger partial charge in [-0.15, -0.1) is 0 Å². The Balaban J connectivity index is 3.26. The largest absolute Gasteiger partial charge is 0.370 e. The molecule has 0 saturated heterocycles. The summed E-state index contributed by atoms with van der Waals surface area (Å²) >= 11 is 0. The van der Waals surface area contributed by atoms with E-state index in [4.69, 9.17) is 5.73 Å². The zero-order valence-corrected chi connectivity index (χ0v) is 17.7. The Labute approximate surface area is 158 Å². The average Bonchev–Trinajstić information content (AvgIpc) is 2.54. The van der Waals surface area contributed by atoms with Gasteiger partial charge in [-0.3, -0.25) is 4.79 Å². The third kappa shape index (κ3) is 19.6. The van der Waals surface area contributed by atoms with Gasteiger partial charge in [0.2, 0.25) is 5.91 Å². The molecule has 1 amide bonds. The van der Waals surface area contributed by atoms with Crippen LogP contribution < -0.4 is 5.73 Å². The monoisotopic (exact) mass is 355 g/mol. The second-order valence-corrected chi connectivity index (χ2v) is 8.55. The number of nitrogens with zero attached hydrogens (tertiary/aromatic N) is 1. The lowest BCUT2D eigenvalue weighted by Gasteiger charge is -2.29. The molecule has 0 aliphatic rings. The van der Waals surface area contributed by atoms with Crippen LogP contribution in [-0.2, 0) is 4.79 Å². The molecule has 150 valence electrons. The first-order valence-corrected chi connectivity index (χ1v) is 11.1. The Morgan fingerprint density at radius 2 is 1.00 bits per heavy atom. The van der Waals surface area contributed by atoms with Crippen molar-refractivity contribution >= 4 is 5.91 Å². The molecule has 0 aromatic rings. The Bertz CT molecular complexity index is 302. The van der Waals surface area contributed by atoms with E-state index in [-0.39, 0.29) is 5.91 Å². The molecule has 0 aliphatic heterocycles. The number of hydrogen-bond acceptors (Lipinski definition) is 1. The molecular weight excluding hydrogens is 308 g/mol. The highest BCUT2D eigenvalue weighted by Gasteiger charge is 2.14. The number of carbonyl (C=O) groups excluding carboxylic acids is 1. The van der Waals surface area contributed by atoms with Crippen LogP contribution in [0.3, 0.4) is 0 Å². The first-order chi connectivity index (χ1) is 12.0. The van der Waals surface area contributed by atoms with Crippen LogP contribution in [-0.4, -0.2) is 37.6 Å². The van der Waals surface area contributed by atoms with E-state index in [9.17, 15) is 4.79 Å². The van der Waals surface area contributed by atoms with Gasteiger partial charge >= 0.3 is 0 Å². The molecule has 0 bridgehead atoms. The normalized spacial score (nSPS) is 11.8. The molecule has 0 rings (SSSR count). The van der Waals surface area contributed by atoms with E-state index in [0.29, 0.717) is 6.42 Å². The lowest BCUT2D eigenvalue weighted by Crippen LogP contribution is -2.41. The summed E-state index contributed by atoms with van der Waals surface area (Å²) in [7, 11) is 4.53. The SMILES string of the molecule is CCCCCCCCCCCCCCCC[N+](C)(C)CCCC(N)=O. The third-order valence-corrected chi connectivity index (χ3v) is 5.30. The molecule has 0 aliphatic carbocycles. The van der Waals surface area contributed by atoms with E-state index in [1.165, 1.54) is 96.4 Å². The molecule has 25 heavy (non-hydrogen) atoms. The minimum absolute atomic E-state index is 0.170. The Morgan fingerprint density at radius 1 is 0.640 bits per heavy atom. The summed E-state index contributed by atoms with van der Waals surface area (Å²) in [6.45, 7) is 4.56. The lowest BCUT2D eigenvalue weighted by molar-refractivity contribution is -0.890. The smallest absolute Gasteiger partial charge is 0.217 e. The number of amides is 1. The maximum atomic E-state index is 10.8. The van der Waals surface area contributed by atoms with Crippen LogP contribution in [0.2, 0.25) is 0 Å². The van der Waals surface area contributed by atoms with Gasteiger partial charge in [0.25, 0.3) is 0 Å². The lowest BCUT2D eigenvalue weighted by atomic mass is 10.0. The van der Waals surface area contributed by atoms with Crippen molar-refractivity contribution in [3.05, 3.63) is 0 Å². The van der Waals surface area contributed by atoms with Crippen molar-refractivity contribution in [2.45, 2.75) is 110 Å². The molecule has 0 heterocycles. The highest BCUT2D eigenvalue weighted by Crippen LogP contribution is 2.13. The van der Waals surface area contributed by atoms with E-state index in [0.717, 1.165) is 17.4 Å². The van der Waals surface area contributed by atoms with Crippen molar-refractivity contribution in [3.8, 4) is 0 Å². The summed E-state index contributed by atoms with van der Waals surface area (Å²) in [6.07, 6.45) is 21.2. The van der Waals surface area contributed by atoms with Crippen LogP contribution in [0.5, 0.6) is 0 Å². The molecule has 0 unspecified atom stereocenters. The Kier molecular flexibility index (Phi) is 16.5. The van der Waals surface area contributed by atoms with Gasteiger partial charge in [0.15, 0.2) is 0 Å². The second-order valence-electron chi connectivity index (χ2n) is 8.55. The van der Waals surface area contributed by atoms with E-state index in [1.54, 1.807) is 0 Å². The van der Waals surface area contributed by atoms with Crippen molar-refractivity contribution in [1.82, 2.24) is 0 Å². The van der Waals surface area contributed by atoms with Crippen molar-refractivity contribution in [2.75, 3.05) is 27.2 Å². The summed E-state index contributed by atoms with van der Waals surface area (Å²) in [5, 5.41) is 0. The van der Waals surface area contributed by atoms with Gasteiger partial charge in [-0.2, -0.15) is 0 Å². The first kappa shape index (κ1) is 24.4. The molecule has 2 N–H and O–H groups in total.